The molecule has 0 aliphatic carbocycles. The lowest BCUT2D eigenvalue weighted by molar-refractivity contribution is -0.384. The minimum Gasteiger partial charge on any atom is -0.494 e. The molecule has 12 heteroatoms. The number of esters is 1. The average molecular weight is 588 g/mol. The van der Waals surface area contributed by atoms with E-state index in [1.165, 1.54) is 19.4 Å². The van der Waals surface area contributed by atoms with Gasteiger partial charge in [0.25, 0.3) is 5.69 Å². The van der Waals surface area contributed by atoms with E-state index in [4.69, 9.17) is 14.5 Å². The van der Waals surface area contributed by atoms with Crippen LogP contribution in [0.5, 0.6) is 5.75 Å². The number of likely N-dealkylation sites (tertiary alicyclic amines) is 1. The summed E-state index contributed by atoms with van der Waals surface area (Å²) >= 11 is 0. The van der Waals surface area contributed by atoms with Crippen molar-refractivity contribution in [3.05, 3.63) is 64.5 Å². The largest absolute Gasteiger partial charge is 0.494 e. The molecule has 1 saturated heterocycles. The van der Waals surface area contributed by atoms with E-state index >= 15 is 0 Å². The number of aromatic nitrogens is 3. The third kappa shape index (κ3) is 6.09. The summed E-state index contributed by atoms with van der Waals surface area (Å²) < 4.78 is 13.1. The number of hydrogen-bond acceptors (Lipinski definition) is 10. The lowest BCUT2D eigenvalue weighted by Crippen LogP contribution is -2.36. The number of anilines is 3. The zero-order valence-corrected chi connectivity index (χ0v) is 25.3. The van der Waals surface area contributed by atoms with E-state index < -0.39 is 10.9 Å². The normalized spacial score (nSPS) is 15.2. The molecule has 0 radical (unpaired) electrons. The SMILES string of the molecule is COc1cc(N(C)C[C@H]2CCCN2C)c([N+](=O)[O-])cc1Nc1ncc(C(=O)OC(C)C)c(-c2cn(C)c3ccccc23)n1. The number of rotatable bonds is 10. The fourth-order valence-corrected chi connectivity index (χ4v) is 5.63. The Kier molecular flexibility index (Phi) is 8.49. The second kappa shape index (κ2) is 12.3. The summed E-state index contributed by atoms with van der Waals surface area (Å²) in [6.07, 6.45) is 5.14. The van der Waals surface area contributed by atoms with Crippen molar-refractivity contribution in [2.24, 2.45) is 7.05 Å². The van der Waals surface area contributed by atoms with Crippen LogP contribution in [0.3, 0.4) is 0 Å². The van der Waals surface area contributed by atoms with Gasteiger partial charge in [-0.25, -0.2) is 14.8 Å². The predicted molar refractivity (Wildman–Crippen MR) is 166 cm³/mol. The van der Waals surface area contributed by atoms with Crippen LogP contribution in [0, 0.1) is 10.1 Å². The van der Waals surface area contributed by atoms with Gasteiger partial charge >= 0.3 is 5.97 Å². The van der Waals surface area contributed by atoms with E-state index in [1.807, 2.05) is 54.0 Å². The maximum atomic E-state index is 13.1. The summed E-state index contributed by atoms with van der Waals surface area (Å²) in [5.74, 6) is -0.00542. The molecule has 1 atom stereocenters. The number of likely N-dealkylation sites (N-methyl/N-ethyl adjacent to an activating group) is 2. The molecule has 0 amide bonds. The zero-order chi connectivity index (χ0) is 30.8. The first-order valence-corrected chi connectivity index (χ1v) is 14.2. The second-order valence-corrected chi connectivity index (χ2v) is 11.2. The Morgan fingerprint density at radius 3 is 2.70 bits per heavy atom. The van der Waals surface area contributed by atoms with E-state index in [-0.39, 0.29) is 23.3 Å². The second-order valence-electron chi connectivity index (χ2n) is 11.2. The highest BCUT2D eigenvalue weighted by atomic mass is 16.6. The molecule has 0 spiro atoms. The smallest absolute Gasteiger partial charge is 0.342 e. The van der Waals surface area contributed by atoms with E-state index in [2.05, 4.69) is 22.2 Å². The first-order valence-electron chi connectivity index (χ1n) is 14.2. The molecule has 1 aliphatic heterocycles. The number of benzene rings is 2. The van der Waals surface area contributed by atoms with E-state index in [0.29, 0.717) is 35.4 Å². The lowest BCUT2D eigenvalue weighted by Gasteiger charge is -2.27. The van der Waals surface area contributed by atoms with E-state index in [0.717, 1.165) is 35.9 Å². The molecule has 12 nitrogen and oxygen atoms in total. The standard InChI is InChI=1S/C31H37N7O5/c1-19(2)43-30(39)22-16-32-31(34-29(22)23-18-37(5)25-12-8-7-11-21(23)25)33-24-14-27(38(40)41)26(15-28(24)42-6)36(4)17-20-10-9-13-35(20)3/h7-8,11-12,14-16,18-20H,9-10,13,17H2,1-6H3,(H,32,33,34)/t20-/m1/s1. The number of carbonyl (C=O) groups excluding carboxylic acids is 1. The van der Waals surface area contributed by atoms with Crippen LogP contribution in [0.1, 0.15) is 37.0 Å². The molecule has 3 heterocycles. The molecule has 0 bridgehead atoms. The van der Waals surface area contributed by atoms with Crippen LogP contribution in [0.4, 0.5) is 23.0 Å². The molecule has 5 rings (SSSR count). The van der Waals surface area contributed by atoms with Gasteiger partial charge in [-0.1, -0.05) is 18.2 Å². The molecule has 1 fully saturated rings. The van der Waals surface area contributed by atoms with Gasteiger partial charge in [-0.05, 0) is 46.3 Å². The lowest BCUT2D eigenvalue weighted by atomic mass is 10.1. The number of nitro benzene ring substituents is 1. The van der Waals surface area contributed by atoms with Crippen molar-refractivity contribution in [3.8, 4) is 17.0 Å². The molecule has 226 valence electrons. The molecule has 1 aliphatic rings. The molecular formula is C31H37N7O5. The highest BCUT2D eigenvalue weighted by Crippen LogP contribution is 2.40. The number of para-hydroxylation sites is 1. The Hall–Kier alpha value is -4.71. The Morgan fingerprint density at radius 2 is 2.02 bits per heavy atom. The molecular weight excluding hydrogens is 550 g/mol. The van der Waals surface area contributed by atoms with Gasteiger partial charge in [0.2, 0.25) is 5.95 Å². The number of nitro groups is 1. The van der Waals surface area contributed by atoms with Gasteiger partial charge in [-0.3, -0.25) is 10.1 Å². The van der Waals surface area contributed by atoms with Gasteiger partial charge in [-0.2, -0.15) is 0 Å². The number of nitrogens with one attached hydrogen (secondary N) is 1. The summed E-state index contributed by atoms with van der Waals surface area (Å²) in [7, 11) is 7.36. The molecule has 0 saturated carbocycles. The van der Waals surface area contributed by atoms with Crippen molar-refractivity contribution in [2.45, 2.75) is 38.8 Å². The van der Waals surface area contributed by atoms with Crippen molar-refractivity contribution in [3.63, 3.8) is 0 Å². The Bertz CT molecular complexity index is 1670. The maximum absolute atomic E-state index is 13.1. The highest BCUT2D eigenvalue weighted by Gasteiger charge is 2.28. The monoisotopic (exact) mass is 587 g/mol. The summed E-state index contributed by atoms with van der Waals surface area (Å²) in [4.78, 5) is 38.2. The summed E-state index contributed by atoms with van der Waals surface area (Å²) in [6, 6.07) is 11.2. The highest BCUT2D eigenvalue weighted by molar-refractivity contribution is 6.03. The third-order valence-electron chi connectivity index (χ3n) is 7.81. The summed E-state index contributed by atoms with van der Waals surface area (Å²) in [6.45, 7) is 5.22. The van der Waals surface area contributed by atoms with Crippen molar-refractivity contribution < 1.29 is 19.2 Å². The Morgan fingerprint density at radius 1 is 1.26 bits per heavy atom. The van der Waals surface area contributed by atoms with Crippen LogP contribution in [-0.4, -0.2) is 76.8 Å². The molecule has 4 aromatic rings. The number of hydrogen-bond donors (Lipinski definition) is 1. The van der Waals surface area contributed by atoms with Crippen LogP contribution in [0.25, 0.3) is 22.2 Å². The van der Waals surface area contributed by atoms with Gasteiger partial charge in [0.15, 0.2) is 0 Å². The van der Waals surface area contributed by atoms with Crippen LogP contribution >= 0.6 is 0 Å². The van der Waals surface area contributed by atoms with E-state index in [9.17, 15) is 14.9 Å². The number of methoxy groups -OCH3 is 1. The van der Waals surface area contributed by atoms with Crippen LogP contribution in [0.15, 0.2) is 48.8 Å². The fourth-order valence-electron chi connectivity index (χ4n) is 5.63. The van der Waals surface area contributed by atoms with E-state index in [1.54, 1.807) is 19.9 Å². The van der Waals surface area contributed by atoms with Gasteiger partial charge < -0.3 is 29.2 Å². The van der Waals surface area contributed by atoms with Gasteiger partial charge in [-0.15, -0.1) is 0 Å². The van der Waals surface area contributed by atoms with Crippen LogP contribution in [-0.2, 0) is 11.8 Å². The number of carbonyl (C=O) groups is 1. The van der Waals surface area contributed by atoms with Crippen LogP contribution in [0.2, 0.25) is 0 Å². The molecule has 2 aromatic carbocycles. The fraction of sp³-hybridized carbons (Fsp3) is 0.387. The summed E-state index contributed by atoms with van der Waals surface area (Å²) in [5, 5.41) is 16.2. The topological polar surface area (TPSA) is 128 Å². The van der Waals surface area contributed by atoms with Crippen molar-refractivity contribution in [1.82, 2.24) is 19.4 Å². The molecule has 2 aromatic heterocycles. The minimum atomic E-state index is -0.544. The summed E-state index contributed by atoms with van der Waals surface area (Å²) in [5.41, 5.74) is 2.99. The average Bonchev–Trinajstić information content (AvgIpc) is 3.54. The van der Waals surface area contributed by atoms with Crippen LogP contribution < -0.4 is 15.0 Å². The van der Waals surface area contributed by atoms with Crippen molar-refractivity contribution >= 4 is 39.9 Å². The minimum absolute atomic E-state index is 0.0714. The first-order chi connectivity index (χ1) is 20.6. The number of nitrogens with zero attached hydrogens (tertiary/aromatic N) is 6. The van der Waals surface area contributed by atoms with Gasteiger partial charge in [0, 0.05) is 67.7 Å². The maximum Gasteiger partial charge on any atom is 0.342 e. The van der Waals surface area contributed by atoms with Gasteiger partial charge in [0.1, 0.15) is 17.0 Å². The molecule has 43 heavy (non-hydrogen) atoms. The Balaban J connectivity index is 1.55. The predicted octanol–water partition coefficient (Wildman–Crippen LogP) is 5.39. The molecule has 0 unspecified atom stereocenters. The zero-order valence-electron chi connectivity index (χ0n) is 25.3. The van der Waals surface area contributed by atoms with Gasteiger partial charge in [0.05, 0.1) is 29.5 Å². The number of fused-ring (bicyclic) bond motifs is 1. The number of aryl methyl sites for hydroxylation is 1. The third-order valence-corrected chi connectivity index (χ3v) is 7.81. The quantitative estimate of drug-likeness (QED) is 0.146. The van der Waals surface area contributed by atoms with Crippen molar-refractivity contribution in [1.29, 1.82) is 0 Å². The first kappa shape index (κ1) is 29.8. The van der Waals surface area contributed by atoms with Crippen molar-refractivity contribution in [2.75, 3.05) is 44.5 Å². The Labute approximate surface area is 250 Å². The molecule has 1 N–H and O–H groups in total. The number of ether oxygens (including phenoxy) is 2.